The third kappa shape index (κ3) is 2.84. The lowest BCUT2D eigenvalue weighted by atomic mass is 9.97. The van der Waals surface area contributed by atoms with Gasteiger partial charge in [0.25, 0.3) is 5.56 Å². The molecule has 4 N–H and O–H groups in total. The molecule has 0 bridgehead atoms. The lowest BCUT2D eigenvalue weighted by Gasteiger charge is -2.24. The molecule has 4 atom stereocenters. The van der Waals surface area contributed by atoms with Crippen LogP contribution >= 0.6 is 0 Å². The van der Waals surface area contributed by atoms with Crippen molar-refractivity contribution in [3.05, 3.63) is 16.7 Å². The molecule has 1 fully saturated rings. The van der Waals surface area contributed by atoms with Crippen LogP contribution in [0.3, 0.4) is 0 Å². The number of anilines is 1. The quantitative estimate of drug-likeness (QED) is 0.561. The molecule has 2 unspecified atom stereocenters. The average Bonchev–Trinajstić information content (AvgIpc) is 3.07. The van der Waals surface area contributed by atoms with Gasteiger partial charge in [-0.2, -0.15) is 4.98 Å². The summed E-state index contributed by atoms with van der Waals surface area (Å²) in [6, 6.07) is 0. The van der Waals surface area contributed by atoms with Crippen molar-refractivity contribution in [1.82, 2.24) is 19.5 Å². The van der Waals surface area contributed by atoms with Crippen molar-refractivity contribution in [2.24, 2.45) is 0 Å². The van der Waals surface area contributed by atoms with Crippen molar-refractivity contribution in [3.8, 4) is 12.3 Å². The number of alkyl halides is 1. The molecule has 0 amide bonds. The Bertz CT molecular complexity index is 927. The summed E-state index contributed by atoms with van der Waals surface area (Å²) in [5.41, 5.74) is -3.53. The number of fused-ring (bicyclic) bond motifs is 1. The van der Waals surface area contributed by atoms with Crippen LogP contribution in [0.1, 0.15) is 27.0 Å². The zero-order valence-electron chi connectivity index (χ0n) is 14.5. The number of aromatic amines is 1. The SMILES string of the molecule is C#CC1(F)C(O)[C@@H](CO)O[C@H]1n1cnc2c(=O)[nH]c(NC(C)(C)C)nc21. The maximum atomic E-state index is 15.2. The summed E-state index contributed by atoms with van der Waals surface area (Å²) in [6.07, 6.45) is 1.99. The topological polar surface area (TPSA) is 125 Å². The highest BCUT2D eigenvalue weighted by atomic mass is 19.1. The Balaban J connectivity index is 2.14. The van der Waals surface area contributed by atoms with Gasteiger partial charge >= 0.3 is 0 Å². The van der Waals surface area contributed by atoms with E-state index in [-0.39, 0.29) is 22.7 Å². The molecule has 9 nitrogen and oxygen atoms in total. The molecular formula is C16H20FN5O4. The van der Waals surface area contributed by atoms with Crippen LogP contribution in [-0.2, 0) is 4.74 Å². The van der Waals surface area contributed by atoms with E-state index in [0.29, 0.717) is 0 Å². The van der Waals surface area contributed by atoms with Gasteiger partial charge in [-0.1, -0.05) is 5.92 Å². The van der Waals surface area contributed by atoms with E-state index < -0.39 is 36.3 Å². The van der Waals surface area contributed by atoms with Crippen LogP contribution in [0.25, 0.3) is 11.2 Å². The monoisotopic (exact) mass is 365 g/mol. The van der Waals surface area contributed by atoms with Crippen molar-refractivity contribution in [2.75, 3.05) is 11.9 Å². The molecular weight excluding hydrogens is 345 g/mol. The molecule has 3 heterocycles. The average molecular weight is 365 g/mol. The molecule has 0 spiro atoms. The number of nitrogens with zero attached hydrogens (tertiary/aromatic N) is 3. The van der Waals surface area contributed by atoms with Crippen LogP contribution in [0.2, 0.25) is 0 Å². The standard InChI is InChI=1S/C16H20FN5O4/c1-5-16(17)10(24)8(6-23)26-13(16)22-7-18-9-11(22)19-14(20-12(9)25)21-15(2,3)4/h1,7-8,10,13,23-24H,6H2,2-4H3,(H2,19,20,21,25)/t8-,10?,13-,16?/m1/s1. The number of aromatic nitrogens is 4. The number of nitrogens with one attached hydrogen (secondary N) is 2. The molecule has 0 saturated carbocycles. The Morgan fingerprint density at radius 2 is 2.27 bits per heavy atom. The third-order valence-electron chi connectivity index (χ3n) is 4.03. The first-order valence-corrected chi connectivity index (χ1v) is 7.97. The summed E-state index contributed by atoms with van der Waals surface area (Å²) < 4.78 is 21.7. The number of halogens is 1. The highest BCUT2D eigenvalue weighted by molar-refractivity contribution is 5.71. The number of rotatable bonds is 3. The molecule has 26 heavy (non-hydrogen) atoms. The smallest absolute Gasteiger partial charge is 0.280 e. The molecule has 1 saturated heterocycles. The van der Waals surface area contributed by atoms with Crippen molar-refractivity contribution >= 4 is 17.1 Å². The summed E-state index contributed by atoms with van der Waals surface area (Å²) in [5, 5.41) is 22.4. The first-order valence-electron chi connectivity index (χ1n) is 7.97. The van der Waals surface area contributed by atoms with E-state index in [1.54, 1.807) is 0 Å². The molecule has 2 aromatic rings. The van der Waals surface area contributed by atoms with E-state index in [1.807, 2.05) is 26.7 Å². The van der Waals surface area contributed by atoms with E-state index in [9.17, 15) is 15.0 Å². The van der Waals surface area contributed by atoms with E-state index >= 15 is 4.39 Å². The number of H-pyrrole nitrogens is 1. The predicted molar refractivity (Wildman–Crippen MR) is 91.2 cm³/mol. The van der Waals surface area contributed by atoms with E-state index in [2.05, 4.69) is 20.3 Å². The second kappa shape index (κ2) is 6.05. The van der Waals surface area contributed by atoms with Crippen LogP contribution in [0.5, 0.6) is 0 Å². The van der Waals surface area contributed by atoms with Crippen molar-refractivity contribution < 1.29 is 19.3 Å². The van der Waals surface area contributed by atoms with Crippen molar-refractivity contribution in [2.45, 2.75) is 50.4 Å². The molecule has 1 aliphatic rings. The minimum Gasteiger partial charge on any atom is -0.394 e. The van der Waals surface area contributed by atoms with Gasteiger partial charge in [0.15, 0.2) is 17.4 Å². The summed E-state index contributed by atoms with van der Waals surface area (Å²) in [6.45, 7) is 5.01. The largest absolute Gasteiger partial charge is 0.394 e. The highest BCUT2D eigenvalue weighted by Crippen LogP contribution is 2.42. The minimum absolute atomic E-state index is 0.0330. The molecule has 0 aromatic carbocycles. The first kappa shape index (κ1) is 18.3. The fourth-order valence-electron chi connectivity index (χ4n) is 2.84. The zero-order valence-corrected chi connectivity index (χ0v) is 14.5. The maximum Gasteiger partial charge on any atom is 0.280 e. The summed E-state index contributed by atoms with van der Waals surface area (Å²) in [7, 11) is 0. The molecule has 0 radical (unpaired) electrons. The fourth-order valence-corrected chi connectivity index (χ4v) is 2.84. The Labute approximate surface area is 148 Å². The van der Waals surface area contributed by atoms with Crippen LogP contribution in [0.4, 0.5) is 10.3 Å². The fraction of sp³-hybridized carbons (Fsp3) is 0.562. The minimum atomic E-state index is -2.62. The maximum absolute atomic E-state index is 15.2. The van der Waals surface area contributed by atoms with Gasteiger partial charge in [0.1, 0.15) is 12.2 Å². The van der Waals surface area contributed by atoms with Crippen LogP contribution in [0, 0.1) is 12.3 Å². The Morgan fingerprint density at radius 3 is 2.85 bits per heavy atom. The molecule has 10 heteroatoms. The van der Waals surface area contributed by atoms with Gasteiger partial charge < -0.3 is 20.3 Å². The predicted octanol–water partition coefficient (Wildman–Crippen LogP) is -0.0779. The van der Waals surface area contributed by atoms with Gasteiger partial charge in [-0.25, -0.2) is 9.37 Å². The summed E-state index contributed by atoms with van der Waals surface area (Å²) in [5.74, 6) is 2.06. The lowest BCUT2D eigenvalue weighted by molar-refractivity contribution is -0.0504. The summed E-state index contributed by atoms with van der Waals surface area (Å²) in [4.78, 5) is 23.0. The van der Waals surface area contributed by atoms with Crippen LogP contribution in [-0.4, -0.2) is 59.8 Å². The number of ether oxygens (including phenoxy) is 1. The number of hydrogen-bond acceptors (Lipinski definition) is 7. The molecule has 3 rings (SSSR count). The van der Waals surface area contributed by atoms with Gasteiger partial charge in [0.05, 0.1) is 12.9 Å². The Morgan fingerprint density at radius 1 is 1.58 bits per heavy atom. The first-order chi connectivity index (χ1) is 12.1. The van der Waals surface area contributed by atoms with Gasteiger partial charge in [0, 0.05) is 5.54 Å². The van der Waals surface area contributed by atoms with E-state index in [0.717, 1.165) is 10.9 Å². The molecule has 0 aliphatic carbocycles. The Hall–Kier alpha value is -2.48. The Kier molecular flexibility index (Phi) is 4.26. The van der Waals surface area contributed by atoms with Gasteiger partial charge in [0.2, 0.25) is 11.6 Å². The number of imidazole rings is 1. The van der Waals surface area contributed by atoms with Gasteiger partial charge in [-0.05, 0) is 20.8 Å². The van der Waals surface area contributed by atoms with E-state index in [1.165, 1.54) is 0 Å². The number of aliphatic hydroxyl groups is 2. The van der Waals surface area contributed by atoms with Crippen LogP contribution in [0.15, 0.2) is 11.1 Å². The third-order valence-corrected chi connectivity index (χ3v) is 4.03. The number of aliphatic hydroxyl groups excluding tert-OH is 2. The lowest BCUT2D eigenvalue weighted by Crippen LogP contribution is -2.42. The second-order valence-electron chi connectivity index (χ2n) is 7.18. The van der Waals surface area contributed by atoms with Crippen molar-refractivity contribution in [1.29, 1.82) is 0 Å². The van der Waals surface area contributed by atoms with Gasteiger partial charge in [-0.15, -0.1) is 6.42 Å². The van der Waals surface area contributed by atoms with Crippen LogP contribution < -0.4 is 10.9 Å². The number of terminal acetylenes is 1. The normalized spacial score (nSPS) is 29.0. The van der Waals surface area contributed by atoms with E-state index in [4.69, 9.17) is 11.2 Å². The zero-order chi connectivity index (χ0) is 19.3. The van der Waals surface area contributed by atoms with Gasteiger partial charge in [-0.3, -0.25) is 14.3 Å². The highest BCUT2D eigenvalue weighted by Gasteiger charge is 2.57. The molecule has 140 valence electrons. The molecule has 2 aromatic heterocycles. The summed E-state index contributed by atoms with van der Waals surface area (Å²) >= 11 is 0. The second-order valence-corrected chi connectivity index (χ2v) is 7.18. The molecule has 1 aliphatic heterocycles. The van der Waals surface area contributed by atoms with Crippen molar-refractivity contribution in [3.63, 3.8) is 0 Å². The number of hydrogen-bond donors (Lipinski definition) is 4.